The Morgan fingerprint density at radius 3 is 2.80 bits per heavy atom. The maximum atomic E-state index is 12.0. The number of ether oxygens (including phenoxy) is 1. The number of nitrogen functional groups attached to an aromatic ring is 1. The Labute approximate surface area is 121 Å². The number of anilines is 2. The molecule has 7 heteroatoms. The molecule has 0 aromatic carbocycles. The van der Waals surface area contributed by atoms with E-state index in [1.54, 1.807) is 6.08 Å². The van der Waals surface area contributed by atoms with Gasteiger partial charge in [0.2, 0.25) is 0 Å². The number of nitrogens with one attached hydrogen (secondary N) is 2. The second-order valence-electron chi connectivity index (χ2n) is 4.46. The summed E-state index contributed by atoms with van der Waals surface area (Å²) in [5.74, 6) is -0.855. The molecule has 1 amide bonds. The van der Waals surface area contributed by atoms with Crippen LogP contribution in [0.4, 0.5) is 10.7 Å². The van der Waals surface area contributed by atoms with Gasteiger partial charge in [0, 0.05) is 12.6 Å². The predicted molar refractivity (Wildman–Crippen MR) is 79.2 cm³/mol. The van der Waals surface area contributed by atoms with Crippen molar-refractivity contribution in [3.8, 4) is 0 Å². The van der Waals surface area contributed by atoms with E-state index < -0.39 is 5.97 Å². The van der Waals surface area contributed by atoms with E-state index in [2.05, 4.69) is 17.2 Å². The third-order valence-corrected chi connectivity index (χ3v) is 4.00. The van der Waals surface area contributed by atoms with Crippen molar-refractivity contribution < 1.29 is 14.3 Å². The van der Waals surface area contributed by atoms with Gasteiger partial charge in [-0.25, -0.2) is 4.79 Å². The summed E-state index contributed by atoms with van der Waals surface area (Å²) < 4.78 is 4.73. The predicted octanol–water partition coefficient (Wildman–Crippen LogP) is 1.61. The SMILES string of the molecule is C=CCNC(=O)c1sc(NC2CC2)c(C(=O)OC)c1N. The van der Waals surface area contributed by atoms with E-state index >= 15 is 0 Å². The summed E-state index contributed by atoms with van der Waals surface area (Å²) in [7, 11) is 1.29. The average Bonchev–Trinajstić information content (AvgIpc) is 3.19. The quantitative estimate of drug-likeness (QED) is 0.547. The van der Waals surface area contributed by atoms with Gasteiger partial charge in [-0.15, -0.1) is 17.9 Å². The van der Waals surface area contributed by atoms with Gasteiger partial charge in [0.15, 0.2) is 0 Å². The second kappa shape index (κ2) is 5.96. The highest BCUT2D eigenvalue weighted by atomic mass is 32.1. The number of hydrogen-bond acceptors (Lipinski definition) is 6. The van der Waals surface area contributed by atoms with Crippen molar-refractivity contribution in [3.63, 3.8) is 0 Å². The van der Waals surface area contributed by atoms with Crippen molar-refractivity contribution >= 4 is 33.9 Å². The molecule has 1 aliphatic rings. The van der Waals surface area contributed by atoms with Gasteiger partial charge in [0.05, 0.1) is 12.8 Å². The first-order valence-corrected chi connectivity index (χ1v) is 7.06. The van der Waals surface area contributed by atoms with Crippen molar-refractivity contribution in [2.24, 2.45) is 0 Å². The van der Waals surface area contributed by atoms with Crippen LogP contribution in [0.15, 0.2) is 12.7 Å². The molecule has 6 nitrogen and oxygen atoms in total. The first-order chi connectivity index (χ1) is 9.58. The molecular formula is C13H17N3O3S. The van der Waals surface area contributed by atoms with Crippen LogP contribution in [0.25, 0.3) is 0 Å². The van der Waals surface area contributed by atoms with Gasteiger partial charge >= 0.3 is 5.97 Å². The molecule has 0 unspecified atom stereocenters. The highest BCUT2D eigenvalue weighted by Crippen LogP contribution is 2.39. The second-order valence-corrected chi connectivity index (χ2v) is 5.48. The molecule has 2 rings (SSSR count). The zero-order chi connectivity index (χ0) is 14.7. The molecule has 20 heavy (non-hydrogen) atoms. The van der Waals surface area contributed by atoms with E-state index in [1.807, 2.05) is 0 Å². The molecule has 108 valence electrons. The van der Waals surface area contributed by atoms with E-state index in [9.17, 15) is 9.59 Å². The van der Waals surface area contributed by atoms with Gasteiger partial charge in [-0.1, -0.05) is 6.08 Å². The molecule has 1 fully saturated rings. The number of methoxy groups -OCH3 is 1. The largest absolute Gasteiger partial charge is 0.465 e. The lowest BCUT2D eigenvalue weighted by molar-refractivity contribution is 0.0603. The number of nitrogens with two attached hydrogens (primary N) is 1. The number of rotatable bonds is 6. The highest BCUT2D eigenvalue weighted by molar-refractivity contribution is 7.19. The number of carbonyl (C=O) groups is 2. The van der Waals surface area contributed by atoms with Crippen LogP contribution in [-0.4, -0.2) is 31.6 Å². The van der Waals surface area contributed by atoms with Gasteiger partial charge in [0.25, 0.3) is 5.91 Å². The zero-order valence-electron chi connectivity index (χ0n) is 11.2. The molecule has 1 saturated carbocycles. The maximum Gasteiger partial charge on any atom is 0.343 e. The van der Waals surface area contributed by atoms with Crippen LogP contribution < -0.4 is 16.4 Å². The fraction of sp³-hybridized carbons (Fsp3) is 0.385. The Morgan fingerprint density at radius 1 is 1.55 bits per heavy atom. The van der Waals surface area contributed by atoms with Crippen molar-refractivity contribution in [3.05, 3.63) is 23.1 Å². The van der Waals surface area contributed by atoms with E-state index in [4.69, 9.17) is 10.5 Å². The van der Waals surface area contributed by atoms with Crippen LogP contribution in [0.1, 0.15) is 32.9 Å². The number of thiophene rings is 1. The van der Waals surface area contributed by atoms with E-state index in [1.165, 1.54) is 18.4 Å². The summed E-state index contributed by atoms with van der Waals surface area (Å²) in [6, 6.07) is 0.348. The Balaban J connectivity index is 2.32. The van der Waals surface area contributed by atoms with Crippen LogP contribution in [-0.2, 0) is 4.74 Å². The maximum absolute atomic E-state index is 12.0. The Kier molecular flexibility index (Phi) is 4.29. The molecule has 0 spiro atoms. The molecule has 1 aliphatic carbocycles. The Hall–Kier alpha value is -2.02. The number of carbonyl (C=O) groups excluding carboxylic acids is 2. The molecule has 0 saturated heterocycles. The first-order valence-electron chi connectivity index (χ1n) is 6.24. The fourth-order valence-electron chi connectivity index (χ4n) is 1.68. The van der Waals surface area contributed by atoms with E-state index in [0.29, 0.717) is 22.5 Å². The van der Waals surface area contributed by atoms with Crippen LogP contribution in [0, 0.1) is 0 Å². The van der Waals surface area contributed by atoms with Gasteiger partial charge in [-0.2, -0.15) is 0 Å². The molecule has 1 aromatic rings. The van der Waals surface area contributed by atoms with Gasteiger partial charge in [0.1, 0.15) is 15.4 Å². The molecule has 4 N–H and O–H groups in total. The van der Waals surface area contributed by atoms with Gasteiger partial charge < -0.3 is 21.1 Å². The van der Waals surface area contributed by atoms with Crippen molar-refractivity contribution in [1.29, 1.82) is 0 Å². The summed E-state index contributed by atoms with van der Waals surface area (Å²) in [6.07, 6.45) is 3.68. The number of hydrogen-bond donors (Lipinski definition) is 3. The minimum absolute atomic E-state index is 0.159. The minimum atomic E-state index is -0.537. The Bertz CT molecular complexity index is 549. The molecule has 0 atom stereocenters. The smallest absolute Gasteiger partial charge is 0.343 e. The average molecular weight is 295 g/mol. The van der Waals surface area contributed by atoms with Gasteiger partial charge in [-0.05, 0) is 12.8 Å². The molecule has 0 radical (unpaired) electrons. The monoisotopic (exact) mass is 295 g/mol. The third kappa shape index (κ3) is 2.93. The number of amides is 1. The first kappa shape index (κ1) is 14.4. The summed E-state index contributed by atoms with van der Waals surface area (Å²) in [6.45, 7) is 3.87. The lowest BCUT2D eigenvalue weighted by Crippen LogP contribution is -2.23. The van der Waals surface area contributed by atoms with Crippen LogP contribution in [0.5, 0.6) is 0 Å². The topological polar surface area (TPSA) is 93.5 Å². The zero-order valence-corrected chi connectivity index (χ0v) is 12.0. The lowest BCUT2D eigenvalue weighted by atomic mass is 10.2. The summed E-state index contributed by atoms with van der Waals surface area (Å²) in [5.41, 5.74) is 6.33. The van der Waals surface area contributed by atoms with Crippen molar-refractivity contribution in [1.82, 2.24) is 5.32 Å². The Morgan fingerprint density at radius 2 is 2.25 bits per heavy atom. The third-order valence-electron chi connectivity index (χ3n) is 2.86. The molecule has 0 bridgehead atoms. The van der Waals surface area contributed by atoms with E-state index in [0.717, 1.165) is 12.8 Å². The molecule has 1 aromatic heterocycles. The minimum Gasteiger partial charge on any atom is -0.465 e. The van der Waals surface area contributed by atoms with Gasteiger partial charge in [-0.3, -0.25) is 4.79 Å². The standard InChI is InChI=1S/C13H17N3O3S/c1-3-6-15-11(17)10-9(14)8(13(18)19-2)12(20-10)16-7-4-5-7/h3,7,16H,1,4-6,14H2,2H3,(H,15,17). The summed E-state index contributed by atoms with van der Waals surface area (Å²) in [5, 5.41) is 6.46. The van der Waals surface area contributed by atoms with Crippen LogP contribution in [0.3, 0.4) is 0 Å². The molecular weight excluding hydrogens is 278 g/mol. The molecule has 0 aliphatic heterocycles. The summed E-state index contributed by atoms with van der Waals surface area (Å²) >= 11 is 1.17. The van der Waals surface area contributed by atoms with Crippen molar-refractivity contribution in [2.75, 3.05) is 24.7 Å². The van der Waals surface area contributed by atoms with Crippen molar-refractivity contribution in [2.45, 2.75) is 18.9 Å². The lowest BCUT2D eigenvalue weighted by Gasteiger charge is -2.04. The normalized spacial score (nSPS) is 13.7. The van der Waals surface area contributed by atoms with Crippen LogP contribution in [0.2, 0.25) is 0 Å². The summed E-state index contributed by atoms with van der Waals surface area (Å²) in [4.78, 5) is 24.1. The van der Waals surface area contributed by atoms with Crippen LogP contribution >= 0.6 is 11.3 Å². The molecule has 1 heterocycles. The fourth-order valence-corrected chi connectivity index (χ4v) is 2.78. The highest BCUT2D eigenvalue weighted by Gasteiger charge is 2.29. The van der Waals surface area contributed by atoms with E-state index in [-0.39, 0.29) is 17.2 Å². The number of esters is 1.